The zero-order valence-corrected chi connectivity index (χ0v) is 16.7. The van der Waals surface area contributed by atoms with Crippen molar-refractivity contribution < 1.29 is 4.79 Å². The molecule has 2 heterocycles. The van der Waals surface area contributed by atoms with Crippen molar-refractivity contribution in [1.82, 2.24) is 9.55 Å². The zero-order chi connectivity index (χ0) is 19.9. The third-order valence-electron chi connectivity index (χ3n) is 4.47. The van der Waals surface area contributed by atoms with E-state index in [0.29, 0.717) is 6.42 Å². The van der Waals surface area contributed by atoms with Crippen LogP contribution in [0.5, 0.6) is 0 Å². The fourth-order valence-electron chi connectivity index (χ4n) is 2.97. The van der Waals surface area contributed by atoms with Gasteiger partial charge in [0.1, 0.15) is 0 Å². The smallest absolute Gasteiger partial charge is 0.228 e. The van der Waals surface area contributed by atoms with E-state index in [1.165, 1.54) is 5.56 Å². The Balaban J connectivity index is 1.29. The fourth-order valence-corrected chi connectivity index (χ4v) is 3.80. The molecule has 0 radical (unpaired) electrons. The molecule has 2 aromatic carbocycles. The van der Waals surface area contributed by atoms with E-state index < -0.39 is 0 Å². The van der Waals surface area contributed by atoms with E-state index in [4.69, 9.17) is 0 Å². The van der Waals surface area contributed by atoms with Gasteiger partial charge in [-0.25, -0.2) is 0 Å². The minimum absolute atomic E-state index is 0.0190. The standard InChI is InChI=1S/C24H21N3OS/c28-24(16-19-5-9-22(10-6-19)27-14-1-2-15-27)26-21-7-11-23(12-8-21)29-18-20-4-3-13-25-17-20/h1-15,17H,16,18H2,(H,26,28). The fraction of sp³-hybridized carbons (Fsp3) is 0.0833. The number of rotatable bonds is 7. The highest BCUT2D eigenvalue weighted by Crippen LogP contribution is 2.24. The summed E-state index contributed by atoms with van der Waals surface area (Å²) in [5, 5.41) is 2.97. The molecule has 4 rings (SSSR count). The molecule has 4 nitrogen and oxygen atoms in total. The molecular formula is C24H21N3OS. The Morgan fingerprint density at radius 3 is 2.34 bits per heavy atom. The summed E-state index contributed by atoms with van der Waals surface area (Å²) >= 11 is 1.75. The average Bonchev–Trinajstić information content (AvgIpc) is 3.29. The molecule has 2 aromatic heterocycles. The largest absolute Gasteiger partial charge is 0.326 e. The number of aromatic nitrogens is 2. The summed E-state index contributed by atoms with van der Waals surface area (Å²) in [7, 11) is 0. The van der Waals surface area contributed by atoms with Gasteiger partial charge in [-0.15, -0.1) is 11.8 Å². The Morgan fingerprint density at radius 1 is 0.897 bits per heavy atom. The summed E-state index contributed by atoms with van der Waals surface area (Å²) in [5.41, 5.74) is 4.07. The maximum Gasteiger partial charge on any atom is 0.228 e. The number of benzene rings is 2. The quantitative estimate of drug-likeness (QED) is 0.426. The number of carbonyl (C=O) groups is 1. The molecule has 0 atom stereocenters. The van der Waals surface area contributed by atoms with Crippen LogP contribution in [0.15, 0.2) is 102 Å². The Kier molecular flexibility index (Phi) is 6.07. The SMILES string of the molecule is O=C(Cc1ccc(-n2cccc2)cc1)Nc1ccc(SCc2cccnc2)cc1. The lowest BCUT2D eigenvalue weighted by atomic mass is 10.1. The Bertz CT molecular complexity index is 1040. The number of nitrogens with one attached hydrogen (secondary N) is 1. The van der Waals surface area contributed by atoms with Gasteiger partial charge < -0.3 is 9.88 Å². The number of hydrogen-bond acceptors (Lipinski definition) is 3. The third kappa shape index (κ3) is 5.36. The van der Waals surface area contributed by atoms with E-state index >= 15 is 0 Å². The molecule has 0 aliphatic carbocycles. The van der Waals surface area contributed by atoms with E-state index in [9.17, 15) is 4.79 Å². The number of nitrogens with zero attached hydrogens (tertiary/aromatic N) is 2. The molecule has 0 unspecified atom stereocenters. The minimum atomic E-state index is -0.0190. The van der Waals surface area contributed by atoms with E-state index in [2.05, 4.69) is 16.4 Å². The van der Waals surface area contributed by atoms with Crippen molar-refractivity contribution in [2.75, 3.05) is 5.32 Å². The molecule has 4 aromatic rings. The predicted octanol–water partition coefficient (Wildman–Crippen LogP) is 5.35. The van der Waals surface area contributed by atoms with Gasteiger partial charge in [-0.1, -0.05) is 18.2 Å². The van der Waals surface area contributed by atoms with Gasteiger partial charge >= 0.3 is 0 Å². The van der Waals surface area contributed by atoms with E-state index in [0.717, 1.165) is 27.6 Å². The molecule has 0 spiro atoms. The maximum absolute atomic E-state index is 12.4. The van der Waals surface area contributed by atoms with Crippen molar-refractivity contribution in [3.8, 4) is 5.69 Å². The Morgan fingerprint density at radius 2 is 1.66 bits per heavy atom. The average molecular weight is 400 g/mol. The molecule has 0 aliphatic rings. The van der Waals surface area contributed by atoms with Crippen LogP contribution in [-0.2, 0) is 17.0 Å². The van der Waals surface area contributed by atoms with Crippen molar-refractivity contribution in [3.05, 3.63) is 109 Å². The molecule has 1 N–H and O–H groups in total. The molecule has 29 heavy (non-hydrogen) atoms. The van der Waals surface area contributed by atoms with Gasteiger partial charge in [0.2, 0.25) is 5.91 Å². The van der Waals surface area contributed by atoms with Crippen LogP contribution in [0.4, 0.5) is 5.69 Å². The molecule has 5 heteroatoms. The molecule has 0 fully saturated rings. The Hall–Kier alpha value is -3.31. The molecule has 0 bridgehead atoms. The van der Waals surface area contributed by atoms with Crippen molar-refractivity contribution in [2.45, 2.75) is 17.1 Å². The van der Waals surface area contributed by atoms with Gasteiger partial charge in [-0.05, 0) is 65.7 Å². The lowest BCUT2D eigenvalue weighted by Gasteiger charge is -2.08. The molecule has 144 valence electrons. The van der Waals surface area contributed by atoms with Crippen LogP contribution < -0.4 is 5.32 Å². The topological polar surface area (TPSA) is 46.9 Å². The van der Waals surface area contributed by atoms with E-state index in [1.54, 1.807) is 18.0 Å². The van der Waals surface area contributed by atoms with Gasteiger partial charge in [0.25, 0.3) is 0 Å². The Labute approximate surface area is 174 Å². The van der Waals surface area contributed by atoms with E-state index in [1.807, 2.05) is 89.9 Å². The number of pyridine rings is 1. The molecule has 0 aliphatic heterocycles. The van der Waals surface area contributed by atoms with Gasteiger partial charge in [-0.2, -0.15) is 0 Å². The normalized spacial score (nSPS) is 10.6. The van der Waals surface area contributed by atoms with Crippen molar-refractivity contribution in [1.29, 1.82) is 0 Å². The van der Waals surface area contributed by atoms with Crippen molar-refractivity contribution >= 4 is 23.4 Å². The van der Waals surface area contributed by atoms with Gasteiger partial charge in [-0.3, -0.25) is 9.78 Å². The van der Waals surface area contributed by atoms with Crippen LogP contribution in [0.2, 0.25) is 0 Å². The highest BCUT2D eigenvalue weighted by molar-refractivity contribution is 7.98. The van der Waals surface area contributed by atoms with Crippen LogP contribution in [0.25, 0.3) is 5.69 Å². The third-order valence-corrected chi connectivity index (χ3v) is 5.55. The van der Waals surface area contributed by atoms with Gasteiger partial charge in [0, 0.05) is 46.8 Å². The number of hydrogen-bond donors (Lipinski definition) is 1. The van der Waals surface area contributed by atoms with Crippen LogP contribution in [0, 0.1) is 0 Å². The maximum atomic E-state index is 12.4. The summed E-state index contributed by atoms with van der Waals surface area (Å²) < 4.78 is 2.04. The summed E-state index contributed by atoms with van der Waals surface area (Å²) in [4.78, 5) is 17.7. The molecule has 0 saturated carbocycles. The van der Waals surface area contributed by atoms with Crippen molar-refractivity contribution in [3.63, 3.8) is 0 Å². The molecule has 0 saturated heterocycles. The monoisotopic (exact) mass is 399 g/mol. The number of amides is 1. The van der Waals surface area contributed by atoms with Crippen LogP contribution in [-0.4, -0.2) is 15.5 Å². The first-order valence-electron chi connectivity index (χ1n) is 9.40. The summed E-state index contributed by atoms with van der Waals surface area (Å²) in [6.45, 7) is 0. The van der Waals surface area contributed by atoms with E-state index in [-0.39, 0.29) is 5.91 Å². The van der Waals surface area contributed by atoms with Crippen LogP contribution >= 0.6 is 11.8 Å². The predicted molar refractivity (Wildman–Crippen MR) is 118 cm³/mol. The van der Waals surface area contributed by atoms with Gasteiger partial charge in [0.15, 0.2) is 0 Å². The number of anilines is 1. The van der Waals surface area contributed by atoms with Crippen molar-refractivity contribution in [2.24, 2.45) is 0 Å². The van der Waals surface area contributed by atoms with Crippen LogP contribution in [0.3, 0.4) is 0 Å². The summed E-state index contributed by atoms with van der Waals surface area (Å²) in [6.07, 6.45) is 8.01. The second kappa shape index (κ2) is 9.26. The highest BCUT2D eigenvalue weighted by Gasteiger charge is 2.05. The lowest BCUT2D eigenvalue weighted by Crippen LogP contribution is -2.14. The van der Waals surface area contributed by atoms with Crippen LogP contribution in [0.1, 0.15) is 11.1 Å². The lowest BCUT2D eigenvalue weighted by molar-refractivity contribution is -0.115. The summed E-state index contributed by atoms with van der Waals surface area (Å²) in [6, 6.07) is 24.0. The minimum Gasteiger partial charge on any atom is -0.326 e. The van der Waals surface area contributed by atoms with Gasteiger partial charge in [0.05, 0.1) is 6.42 Å². The number of carbonyl (C=O) groups excluding carboxylic acids is 1. The first-order valence-corrected chi connectivity index (χ1v) is 10.4. The first kappa shape index (κ1) is 19.0. The zero-order valence-electron chi connectivity index (χ0n) is 15.9. The molecule has 1 amide bonds. The number of thioether (sulfide) groups is 1. The molecular weight excluding hydrogens is 378 g/mol. The second-order valence-corrected chi connectivity index (χ2v) is 7.70. The second-order valence-electron chi connectivity index (χ2n) is 6.66. The summed E-state index contributed by atoms with van der Waals surface area (Å²) in [5.74, 6) is 0.855. The first-order chi connectivity index (χ1) is 14.3. The highest BCUT2D eigenvalue weighted by atomic mass is 32.2.